The smallest absolute Gasteiger partial charge is 0.237 e. The van der Waals surface area contributed by atoms with E-state index >= 15 is 0 Å². The van der Waals surface area contributed by atoms with E-state index in [2.05, 4.69) is 28.2 Å². The summed E-state index contributed by atoms with van der Waals surface area (Å²) in [4.78, 5) is 19.5. The monoisotopic (exact) mass is 377 g/mol. The van der Waals surface area contributed by atoms with Crippen molar-refractivity contribution in [1.82, 2.24) is 19.6 Å². The maximum absolute atomic E-state index is 13.0. The van der Waals surface area contributed by atoms with Gasteiger partial charge in [-0.2, -0.15) is 0 Å². The first-order valence-corrected chi connectivity index (χ1v) is 10.1. The van der Waals surface area contributed by atoms with E-state index in [4.69, 9.17) is 0 Å². The van der Waals surface area contributed by atoms with Crippen molar-refractivity contribution in [2.75, 3.05) is 10.7 Å². The van der Waals surface area contributed by atoms with Gasteiger partial charge in [0.05, 0.1) is 16.8 Å². The number of carbonyl (C=O) groups is 1. The second-order valence-electron chi connectivity index (χ2n) is 6.83. The van der Waals surface area contributed by atoms with Crippen LogP contribution in [0.15, 0.2) is 53.7 Å². The normalized spacial score (nSPS) is 16.8. The van der Waals surface area contributed by atoms with Crippen molar-refractivity contribution >= 4 is 40.2 Å². The number of H-pyrrole nitrogens is 1. The number of nitrogens with zero attached hydrogens (tertiary/aromatic N) is 4. The lowest BCUT2D eigenvalue weighted by Gasteiger charge is -2.35. The largest absolute Gasteiger partial charge is 0.309 e. The molecule has 0 fully saturated rings. The molecule has 2 aromatic carbocycles. The van der Waals surface area contributed by atoms with E-state index in [0.717, 1.165) is 34.7 Å². The lowest BCUT2D eigenvalue weighted by Crippen LogP contribution is -2.43. The second-order valence-corrected chi connectivity index (χ2v) is 7.78. The number of para-hydroxylation sites is 3. The third-order valence-electron chi connectivity index (χ3n) is 5.12. The van der Waals surface area contributed by atoms with Crippen molar-refractivity contribution in [3.05, 3.63) is 54.1 Å². The van der Waals surface area contributed by atoms with Crippen LogP contribution in [0.3, 0.4) is 0 Å². The van der Waals surface area contributed by atoms with Crippen molar-refractivity contribution in [3.8, 4) is 0 Å². The number of benzene rings is 2. The molecule has 0 bridgehead atoms. The summed E-state index contributed by atoms with van der Waals surface area (Å²) < 4.78 is 1.97. The molecule has 6 nitrogen and oxygen atoms in total. The molecule has 1 N–H and O–H groups in total. The SMILES string of the molecule is C[C@H]1CCc2ccccc2N1C(=O)CSc1n[nH]c2nc3ccccc3n12. The van der Waals surface area contributed by atoms with Crippen molar-refractivity contribution in [2.24, 2.45) is 0 Å². The van der Waals surface area contributed by atoms with Crippen LogP contribution in [0, 0.1) is 0 Å². The Kier molecular flexibility index (Phi) is 3.89. The number of nitrogens with one attached hydrogen (secondary N) is 1. The standard InChI is InChI=1S/C20H19N5OS/c1-13-10-11-14-6-2-4-8-16(14)24(13)18(26)12-27-20-23-22-19-21-15-7-3-5-9-17(15)25(19)20/h2-9,13H,10-12H2,1H3,(H,21,22)/t13-/m0/s1. The summed E-state index contributed by atoms with van der Waals surface area (Å²) in [6.45, 7) is 2.12. The molecule has 0 radical (unpaired) electrons. The number of aromatic nitrogens is 4. The molecule has 7 heteroatoms. The molecular formula is C20H19N5OS. The molecule has 4 aromatic rings. The quantitative estimate of drug-likeness (QED) is 0.553. The summed E-state index contributed by atoms with van der Waals surface area (Å²) in [6, 6.07) is 16.3. The van der Waals surface area contributed by atoms with Crippen LogP contribution in [-0.4, -0.2) is 37.3 Å². The fraction of sp³-hybridized carbons (Fsp3) is 0.250. The lowest BCUT2D eigenvalue weighted by molar-refractivity contribution is -0.116. The number of fused-ring (bicyclic) bond motifs is 4. The first-order valence-electron chi connectivity index (χ1n) is 9.06. The first kappa shape index (κ1) is 16.4. The van der Waals surface area contributed by atoms with Crippen LogP contribution in [0.2, 0.25) is 0 Å². The maximum atomic E-state index is 13.0. The molecule has 0 saturated carbocycles. The molecule has 0 unspecified atom stereocenters. The number of anilines is 1. The zero-order valence-corrected chi connectivity index (χ0v) is 15.7. The van der Waals surface area contributed by atoms with Crippen molar-refractivity contribution in [3.63, 3.8) is 0 Å². The zero-order valence-electron chi connectivity index (χ0n) is 14.9. The predicted octanol–water partition coefficient (Wildman–Crippen LogP) is 3.67. The predicted molar refractivity (Wildman–Crippen MR) is 107 cm³/mol. The van der Waals surface area contributed by atoms with Crippen molar-refractivity contribution < 1.29 is 4.79 Å². The van der Waals surface area contributed by atoms with Gasteiger partial charge in [0.15, 0.2) is 5.16 Å². The Morgan fingerprint density at radius 1 is 1.22 bits per heavy atom. The summed E-state index contributed by atoms with van der Waals surface area (Å²) in [5, 5.41) is 8.07. The molecule has 136 valence electrons. The summed E-state index contributed by atoms with van der Waals surface area (Å²) in [6.07, 6.45) is 2.02. The average Bonchev–Trinajstić information content (AvgIpc) is 3.25. The van der Waals surface area contributed by atoms with Crippen LogP contribution in [-0.2, 0) is 11.2 Å². The molecule has 1 amide bonds. The Bertz CT molecular complexity index is 1150. The number of rotatable bonds is 3. The Morgan fingerprint density at radius 2 is 2.04 bits per heavy atom. The van der Waals surface area contributed by atoms with Gasteiger partial charge in [-0.25, -0.2) is 10.1 Å². The number of aryl methyl sites for hydroxylation is 1. The number of aromatic amines is 1. The number of thioether (sulfide) groups is 1. The Labute approximate surface area is 160 Å². The van der Waals surface area contributed by atoms with Gasteiger partial charge in [0, 0.05) is 11.7 Å². The molecule has 2 aromatic heterocycles. The Morgan fingerprint density at radius 3 is 2.96 bits per heavy atom. The van der Waals surface area contributed by atoms with Gasteiger partial charge in [0.25, 0.3) is 0 Å². The van der Waals surface area contributed by atoms with Gasteiger partial charge in [-0.15, -0.1) is 5.10 Å². The molecule has 0 saturated heterocycles. The van der Waals surface area contributed by atoms with Gasteiger partial charge in [-0.1, -0.05) is 42.1 Å². The van der Waals surface area contributed by atoms with Crippen molar-refractivity contribution in [2.45, 2.75) is 31.0 Å². The highest BCUT2D eigenvalue weighted by Crippen LogP contribution is 2.31. The number of hydrogen-bond acceptors (Lipinski definition) is 4. The summed E-state index contributed by atoms with van der Waals surface area (Å²) in [5.41, 5.74) is 4.20. The van der Waals surface area contributed by atoms with Crippen LogP contribution in [0.1, 0.15) is 18.9 Å². The molecular weight excluding hydrogens is 358 g/mol. The summed E-state index contributed by atoms with van der Waals surface area (Å²) in [5.74, 6) is 1.15. The van der Waals surface area contributed by atoms with Crippen LogP contribution in [0.4, 0.5) is 5.69 Å². The highest BCUT2D eigenvalue weighted by Gasteiger charge is 2.28. The van der Waals surface area contributed by atoms with Gasteiger partial charge in [-0.05, 0) is 43.5 Å². The fourth-order valence-electron chi connectivity index (χ4n) is 3.80. The van der Waals surface area contributed by atoms with E-state index in [0.29, 0.717) is 11.5 Å². The van der Waals surface area contributed by atoms with Crippen LogP contribution >= 0.6 is 11.8 Å². The number of imidazole rings is 1. The van der Waals surface area contributed by atoms with E-state index in [9.17, 15) is 4.79 Å². The van der Waals surface area contributed by atoms with E-state index in [1.807, 2.05) is 51.8 Å². The average molecular weight is 377 g/mol. The Balaban J connectivity index is 1.42. The molecule has 0 spiro atoms. The highest BCUT2D eigenvalue weighted by atomic mass is 32.2. The Hall–Kier alpha value is -2.80. The topological polar surface area (TPSA) is 66.3 Å². The van der Waals surface area contributed by atoms with Gasteiger partial charge in [0.1, 0.15) is 0 Å². The van der Waals surface area contributed by atoms with Crippen LogP contribution in [0.25, 0.3) is 16.8 Å². The maximum Gasteiger partial charge on any atom is 0.237 e. The highest BCUT2D eigenvalue weighted by molar-refractivity contribution is 7.99. The molecule has 1 aliphatic rings. The van der Waals surface area contributed by atoms with Gasteiger partial charge in [-0.3, -0.25) is 9.20 Å². The van der Waals surface area contributed by atoms with Crippen LogP contribution in [0.5, 0.6) is 0 Å². The summed E-state index contributed by atoms with van der Waals surface area (Å²) in [7, 11) is 0. The van der Waals surface area contributed by atoms with Crippen molar-refractivity contribution in [1.29, 1.82) is 0 Å². The van der Waals surface area contributed by atoms with E-state index < -0.39 is 0 Å². The lowest BCUT2D eigenvalue weighted by atomic mass is 9.97. The van der Waals surface area contributed by atoms with Gasteiger partial charge < -0.3 is 4.90 Å². The number of amides is 1. The van der Waals surface area contributed by atoms with Gasteiger partial charge in [0.2, 0.25) is 11.7 Å². The molecule has 3 heterocycles. The second kappa shape index (κ2) is 6.42. The first-order chi connectivity index (χ1) is 13.2. The minimum absolute atomic E-state index is 0.111. The third-order valence-corrected chi connectivity index (χ3v) is 6.04. The van der Waals surface area contributed by atoms with E-state index in [1.165, 1.54) is 17.3 Å². The van der Waals surface area contributed by atoms with E-state index in [-0.39, 0.29) is 11.9 Å². The van der Waals surface area contributed by atoms with Gasteiger partial charge >= 0.3 is 0 Å². The molecule has 0 aliphatic carbocycles. The van der Waals surface area contributed by atoms with Crippen LogP contribution < -0.4 is 4.90 Å². The zero-order chi connectivity index (χ0) is 18.4. The fourth-order valence-corrected chi connectivity index (χ4v) is 4.62. The molecule has 1 aliphatic heterocycles. The number of carbonyl (C=O) groups excluding carboxylic acids is 1. The number of hydrogen-bond donors (Lipinski definition) is 1. The molecule has 27 heavy (non-hydrogen) atoms. The molecule has 1 atom stereocenters. The third kappa shape index (κ3) is 2.70. The summed E-state index contributed by atoms with van der Waals surface area (Å²) >= 11 is 1.44. The minimum atomic E-state index is 0.111. The molecule has 5 rings (SSSR count). The minimum Gasteiger partial charge on any atom is -0.309 e. The van der Waals surface area contributed by atoms with E-state index in [1.54, 1.807) is 0 Å².